The molecule has 5 nitrogen and oxygen atoms in total. The lowest BCUT2D eigenvalue weighted by Gasteiger charge is -2.22. The molecule has 0 spiro atoms. The molecular formula is C13H26N4O. The maximum atomic E-state index is 5.55. The number of imidazole rings is 1. The molecule has 18 heavy (non-hydrogen) atoms. The first kappa shape index (κ1) is 15.0. The van der Waals surface area contributed by atoms with Crippen molar-refractivity contribution in [2.24, 2.45) is 0 Å². The van der Waals surface area contributed by atoms with Crippen molar-refractivity contribution in [1.29, 1.82) is 0 Å². The zero-order valence-corrected chi connectivity index (χ0v) is 12.2. The molecule has 1 rings (SSSR count). The van der Waals surface area contributed by atoms with Crippen molar-refractivity contribution < 1.29 is 4.74 Å². The van der Waals surface area contributed by atoms with E-state index >= 15 is 0 Å². The van der Waals surface area contributed by atoms with Gasteiger partial charge in [0.25, 0.3) is 0 Å². The minimum absolute atomic E-state index is 0.181. The highest BCUT2D eigenvalue weighted by Gasteiger charge is 2.13. The largest absolute Gasteiger partial charge is 0.378 e. The molecule has 0 bridgehead atoms. The Balaban J connectivity index is 2.68. The van der Waals surface area contributed by atoms with E-state index in [4.69, 9.17) is 4.74 Å². The molecule has 1 aromatic heterocycles. The van der Waals surface area contributed by atoms with Crippen LogP contribution in [-0.4, -0.2) is 54.3 Å². The first-order valence-corrected chi connectivity index (χ1v) is 6.59. The zero-order chi connectivity index (χ0) is 13.5. The fourth-order valence-electron chi connectivity index (χ4n) is 1.89. The van der Waals surface area contributed by atoms with Crippen molar-refractivity contribution in [3.63, 3.8) is 0 Å². The van der Waals surface area contributed by atoms with Gasteiger partial charge in [0.2, 0.25) is 5.95 Å². The van der Waals surface area contributed by atoms with Gasteiger partial charge >= 0.3 is 0 Å². The molecule has 1 atom stereocenters. The van der Waals surface area contributed by atoms with E-state index < -0.39 is 0 Å². The summed E-state index contributed by atoms with van der Waals surface area (Å²) < 4.78 is 7.69. The average molecular weight is 254 g/mol. The maximum Gasteiger partial charge on any atom is 0.203 e. The Hall–Kier alpha value is -1.07. The second kappa shape index (κ2) is 7.38. The minimum atomic E-state index is 0.181. The Morgan fingerprint density at radius 3 is 2.78 bits per heavy atom. The van der Waals surface area contributed by atoms with Crippen LogP contribution in [0.3, 0.4) is 0 Å². The third-order valence-corrected chi connectivity index (χ3v) is 3.02. The van der Waals surface area contributed by atoms with Gasteiger partial charge < -0.3 is 19.5 Å². The Morgan fingerprint density at radius 2 is 2.22 bits per heavy atom. The summed E-state index contributed by atoms with van der Waals surface area (Å²) in [5, 5.41) is 3.28. The number of rotatable bonds is 8. The summed E-state index contributed by atoms with van der Waals surface area (Å²) in [5.74, 6) is 0.927. The van der Waals surface area contributed by atoms with Crippen LogP contribution in [0.25, 0.3) is 0 Å². The third-order valence-electron chi connectivity index (χ3n) is 3.02. The molecular weight excluding hydrogens is 228 g/mol. The second-order valence-electron chi connectivity index (χ2n) is 4.60. The van der Waals surface area contributed by atoms with Crippen LogP contribution < -0.4 is 5.32 Å². The van der Waals surface area contributed by atoms with E-state index in [-0.39, 0.29) is 6.10 Å². The van der Waals surface area contributed by atoms with Gasteiger partial charge in [-0.3, -0.25) is 0 Å². The van der Waals surface area contributed by atoms with Gasteiger partial charge in [0.1, 0.15) is 0 Å². The van der Waals surface area contributed by atoms with Crippen molar-refractivity contribution in [3.05, 3.63) is 11.9 Å². The number of aryl methyl sites for hydroxylation is 1. The van der Waals surface area contributed by atoms with E-state index in [1.54, 1.807) is 7.11 Å². The van der Waals surface area contributed by atoms with Gasteiger partial charge in [-0.15, -0.1) is 0 Å². The normalized spacial score (nSPS) is 13.0. The highest BCUT2D eigenvalue weighted by Crippen LogP contribution is 2.10. The third kappa shape index (κ3) is 4.31. The molecule has 5 heteroatoms. The second-order valence-corrected chi connectivity index (χ2v) is 4.60. The summed E-state index contributed by atoms with van der Waals surface area (Å²) in [6.45, 7) is 9.90. The van der Waals surface area contributed by atoms with Crippen LogP contribution >= 0.6 is 0 Å². The van der Waals surface area contributed by atoms with Crippen LogP contribution in [0.4, 0.5) is 5.95 Å². The molecule has 0 aromatic carbocycles. The molecule has 0 fully saturated rings. The summed E-state index contributed by atoms with van der Waals surface area (Å²) in [5.41, 5.74) is 1.03. The highest BCUT2D eigenvalue weighted by atomic mass is 16.5. The van der Waals surface area contributed by atoms with E-state index in [1.165, 1.54) is 0 Å². The molecule has 1 N–H and O–H groups in total. The predicted octanol–water partition coefficient (Wildman–Crippen LogP) is 1.59. The molecule has 0 saturated carbocycles. The van der Waals surface area contributed by atoms with Gasteiger partial charge in [0, 0.05) is 26.4 Å². The molecule has 0 aliphatic rings. The van der Waals surface area contributed by atoms with Crippen molar-refractivity contribution in [3.8, 4) is 0 Å². The van der Waals surface area contributed by atoms with Gasteiger partial charge in [-0.1, -0.05) is 6.92 Å². The number of methoxy groups -OCH3 is 1. The van der Waals surface area contributed by atoms with E-state index in [9.17, 15) is 0 Å². The van der Waals surface area contributed by atoms with Crippen LogP contribution in [0.1, 0.15) is 19.5 Å². The quantitative estimate of drug-likeness (QED) is 0.765. The number of ether oxygens (including phenoxy) is 1. The first-order valence-electron chi connectivity index (χ1n) is 6.59. The van der Waals surface area contributed by atoms with Crippen LogP contribution in [0, 0.1) is 6.92 Å². The molecule has 1 unspecified atom stereocenters. The fourth-order valence-corrected chi connectivity index (χ4v) is 1.89. The van der Waals surface area contributed by atoms with Gasteiger partial charge in [-0.2, -0.15) is 0 Å². The number of anilines is 1. The first-order chi connectivity index (χ1) is 8.60. The van der Waals surface area contributed by atoms with Crippen LogP contribution in [0.15, 0.2) is 6.20 Å². The van der Waals surface area contributed by atoms with Crippen LogP contribution in [-0.2, 0) is 11.3 Å². The van der Waals surface area contributed by atoms with E-state index in [0.29, 0.717) is 0 Å². The molecule has 0 radical (unpaired) electrons. The number of hydrogen-bond donors (Lipinski definition) is 1. The Morgan fingerprint density at radius 1 is 1.50 bits per heavy atom. The summed E-state index contributed by atoms with van der Waals surface area (Å²) in [4.78, 5) is 6.72. The summed E-state index contributed by atoms with van der Waals surface area (Å²) in [6, 6.07) is 0. The average Bonchev–Trinajstić information content (AvgIpc) is 2.69. The van der Waals surface area contributed by atoms with Gasteiger partial charge in [0.05, 0.1) is 18.3 Å². The Bertz CT molecular complexity index is 351. The number of nitrogens with zero attached hydrogens (tertiary/aromatic N) is 3. The fraction of sp³-hybridized carbons (Fsp3) is 0.769. The van der Waals surface area contributed by atoms with Crippen molar-refractivity contribution in [2.75, 3.05) is 39.1 Å². The molecule has 1 heterocycles. The molecule has 0 amide bonds. The monoisotopic (exact) mass is 254 g/mol. The molecule has 0 aliphatic carbocycles. The zero-order valence-electron chi connectivity index (χ0n) is 12.2. The number of aromatic nitrogens is 2. The molecule has 0 saturated heterocycles. The minimum Gasteiger partial charge on any atom is -0.378 e. The Kier molecular flexibility index (Phi) is 6.15. The topological polar surface area (TPSA) is 42.3 Å². The number of likely N-dealkylation sites (N-methyl/N-ethyl adjacent to an activating group) is 1. The molecule has 0 aliphatic heterocycles. The maximum absolute atomic E-state index is 5.55. The summed E-state index contributed by atoms with van der Waals surface area (Å²) in [6.07, 6.45) is 2.25. The number of hydrogen-bond acceptors (Lipinski definition) is 4. The SMILES string of the molecule is CCNc1nc(C)cn1CC(CN(C)CC)OC. The smallest absolute Gasteiger partial charge is 0.203 e. The van der Waals surface area contributed by atoms with Crippen molar-refractivity contribution >= 4 is 5.95 Å². The molecule has 104 valence electrons. The lowest BCUT2D eigenvalue weighted by atomic mass is 10.3. The Labute approximate surface area is 110 Å². The summed E-state index contributed by atoms with van der Waals surface area (Å²) in [7, 11) is 3.88. The standard InChI is InChI=1S/C13H26N4O/c1-6-14-13-15-11(3)8-17(13)10-12(18-5)9-16(4)7-2/h8,12H,6-7,9-10H2,1-5H3,(H,14,15). The summed E-state index contributed by atoms with van der Waals surface area (Å²) >= 11 is 0. The van der Waals surface area contributed by atoms with E-state index in [2.05, 4.69) is 46.9 Å². The lowest BCUT2D eigenvalue weighted by Crippen LogP contribution is -2.33. The van der Waals surface area contributed by atoms with Crippen LogP contribution in [0.5, 0.6) is 0 Å². The van der Waals surface area contributed by atoms with E-state index in [1.807, 2.05) is 6.92 Å². The van der Waals surface area contributed by atoms with Gasteiger partial charge in [-0.25, -0.2) is 4.98 Å². The van der Waals surface area contributed by atoms with Crippen molar-refractivity contribution in [2.45, 2.75) is 33.4 Å². The van der Waals surface area contributed by atoms with Crippen LogP contribution in [0.2, 0.25) is 0 Å². The number of nitrogens with one attached hydrogen (secondary N) is 1. The lowest BCUT2D eigenvalue weighted by molar-refractivity contribution is 0.0607. The van der Waals surface area contributed by atoms with Gasteiger partial charge in [0.15, 0.2) is 0 Å². The van der Waals surface area contributed by atoms with E-state index in [0.717, 1.165) is 37.8 Å². The molecule has 1 aromatic rings. The highest BCUT2D eigenvalue weighted by molar-refractivity contribution is 5.28. The van der Waals surface area contributed by atoms with Gasteiger partial charge in [-0.05, 0) is 27.4 Å². The predicted molar refractivity (Wildman–Crippen MR) is 75.1 cm³/mol. The van der Waals surface area contributed by atoms with Crippen molar-refractivity contribution in [1.82, 2.24) is 14.5 Å².